The summed E-state index contributed by atoms with van der Waals surface area (Å²) in [5, 5.41) is 10.9. The van der Waals surface area contributed by atoms with E-state index >= 15 is 0 Å². The maximum Gasteiger partial charge on any atom is 0.332 e. The number of esters is 1. The van der Waals surface area contributed by atoms with Crippen LogP contribution in [0.2, 0.25) is 0 Å². The summed E-state index contributed by atoms with van der Waals surface area (Å²) < 4.78 is 4.59. The lowest BCUT2D eigenvalue weighted by atomic mass is 10.1. The number of carboxylic acid groups (broad SMARTS) is 1. The van der Waals surface area contributed by atoms with Crippen LogP contribution < -0.4 is 11.1 Å². The number of amides is 1. The second kappa shape index (κ2) is 7.61. The molecular formula is C10H18N2O5. The fourth-order valence-corrected chi connectivity index (χ4v) is 1.08. The van der Waals surface area contributed by atoms with E-state index in [1.165, 1.54) is 0 Å². The van der Waals surface area contributed by atoms with E-state index in [0.29, 0.717) is 0 Å². The Morgan fingerprint density at radius 3 is 2.47 bits per heavy atom. The third-order valence-corrected chi connectivity index (χ3v) is 2.00. The zero-order valence-electron chi connectivity index (χ0n) is 9.93. The second-order valence-electron chi connectivity index (χ2n) is 3.57. The van der Waals surface area contributed by atoms with Crippen LogP contribution in [-0.4, -0.2) is 41.6 Å². The van der Waals surface area contributed by atoms with Crippen molar-refractivity contribution in [1.82, 2.24) is 5.32 Å². The van der Waals surface area contributed by atoms with Crippen molar-refractivity contribution in [2.75, 3.05) is 6.61 Å². The number of rotatable bonds is 7. The van der Waals surface area contributed by atoms with Gasteiger partial charge in [0.05, 0.1) is 6.61 Å². The van der Waals surface area contributed by atoms with Gasteiger partial charge in [-0.3, -0.25) is 9.59 Å². The van der Waals surface area contributed by atoms with Gasteiger partial charge in [0.2, 0.25) is 5.91 Å². The molecule has 98 valence electrons. The molecule has 0 radical (unpaired) electrons. The van der Waals surface area contributed by atoms with Gasteiger partial charge in [-0.05, 0) is 20.3 Å². The van der Waals surface area contributed by atoms with Crippen molar-refractivity contribution in [3.8, 4) is 0 Å². The summed E-state index contributed by atoms with van der Waals surface area (Å²) >= 11 is 0. The van der Waals surface area contributed by atoms with E-state index in [4.69, 9.17) is 10.8 Å². The number of nitrogens with one attached hydrogen (secondary N) is 1. The molecule has 0 spiro atoms. The average molecular weight is 246 g/mol. The molecule has 0 aliphatic heterocycles. The topological polar surface area (TPSA) is 119 Å². The van der Waals surface area contributed by atoms with Gasteiger partial charge in [-0.15, -0.1) is 0 Å². The maximum absolute atomic E-state index is 11.4. The molecule has 0 aliphatic carbocycles. The number of nitrogens with two attached hydrogens (primary N) is 1. The highest BCUT2D eigenvalue weighted by Crippen LogP contribution is 1.97. The van der Waals surface area contributed by atoms with Crippen LogP contribution in [0.1, 0.15) is 26.7 Å². The number of hydrogen-bond donors (Lipinski definition) is 3. The predicted molar refractivity (Wildman–Crippen MR) is 59.1 cm³/mol. The molecule has 0 aromatic heterocycles. The van der Waals surface area contributed by atoms with E-state index in [1.807, 2.05) is 0 Å². The zero-order chi connectivity index (χ0) is 13.4. The van der Waals surface area contributed by atoms with Crippen molar-refractivity contribution in [3.63, 3.8) is 0 Å². The lowest BCUT2D eigenvalue weighted by Gasteiger charge is -2.15. The van der Waals surface area contributed by atoms with Gasteiger partial charge in [-0.25, -0.2) is 4.79 Å². The van der Waals surface area contributed by atoms with Gasteiger partial charge >= 0.3 is 11.9 Å². The smallest absolute Gasteiger partial charge is 0.332 e. The molecule has 2 atom stereocenters. The van der Waals surface area contributed by atoms with Gasteiger partial charge < -0.3 is 20.9 Å². The first-order valence-electron chi connectivity index (χ1n) is 5.32. The third kappa shape index (κ3) is 6.52. The summed E-state index contributed by atoms with van der Waals surface area (Å²) in [6.07, 6.45) is 0.215. The van der Waals surface area contributed by atoms with E-state index in [0.717, 1.165) is 0 Å². The van der Waals surface area contributed by atoms with Crippen LogP contribution in [0.5, 0.6) is 0 Å². The lowest BCUT2D eigenvalue weighted by molar-refractivity contribution is -0.148. The molecule has 7 heteroatoms. The SMILES string of the molecule is CCOC(=O)C(N)C(=O)NC(C)CCC(=O)O. The van der Waals surface area contributed by atoms with Crippen LogP contribution in [0.15, 0.2) is 0 Å². The highest BCUT2D eigenvalue weighted by atomic mass is 16.5. The number of carbonyl (C=O) groups excluding carboxylic acids is 2. The summed E-state index contributed by atoms with van der Waals surface area (Å²) in [5.41, 5.74) is 5.35. The molecule has 0 aliphatic rings. The molecule has 0 bridgehead atoms. The largest absolute Gasteiger partial charge is 0.481 e. The van der Waals surface area contributed by atoms with Gasteiger partial charge in [0.15, 0.2) is 6.04 Å². The van der Waals surface area contributed by atoms with Crippen molar-refractivity contribution in [2.45, 2.75) is 38.8 Å². The minimum atomic E-state index is -1.37. The first-order chi connectivity index (χ1) is 7.88. The number of aliphatic carboxylic acids is 1. The summed E-state index contributed by atoms with van der Waals surface area (Å²) in [6.45, 7) is 3.39. The van der Waals surface area contributed by atoms with Gasteiger partial charge in [0.25, 0.3) is 0 Å². The van der Waals surface area contributed by atoms with Crippen molar-refractivity contribution >= 4 is 17.8 Å². The normalized spacial score (nSPS) is 13.6. The fraction of sp³-hybridized carbons (Fsp3) is 0.700. The second-order valence-corrected chi connectivity index (χ2v) is 3.57. The monoisotopic (exact) mass is 246 g/mol. The van der Waals surface area contributed by atoms with Crippen molar-refractivity contribution in [1.29, 1.82) is 0 Å². The first kappa shape index (κ1) is 15.4. The molecule has 0 rings (SSSR count). The van der Waals surface area contributed by atoms with Crippen LogP contribution in [0, 0.1) is 0 Å². The van der Waals surface area contributed by atoms with Crippen LogP contribution in [-0.2, 0) is 19.1 Å². The van der Waals surface area contributed by atoms with Gasteiger partial charge in [0.1, 0.15) is 0 Å². The maximum atomic E-state index is 11.4. The van der Waals surface area contributed by atoms with Gasteiger partial charge in [-0.1, -0.05) is 0 Å². The average Bonchev–Trinajstić information content (AvgIpc) is 2.25. The van der Waals surface area contributed by atoms with E-state index in [9.17, 15) is 14.4 Å². The summed E-state index contributed by atoms with van der Waals surface area (Å²) in [4.78, 5) is 32.9. The van der Waals surface area contributed by atoms with E-state index in [1.54, 1.807) is 13.8 Å². The van der Waals surface area contributed by atoms with Gasteiger partial charge in [0, 0.05) is 12.5 Å². The van der Waals surface area contributed by atoms with Crippen molar-refractivity contribution in [2.24, 2.45) is 5.73 Å². The third-order valence-electron chi connectivity index (χ3n) is 2.00. The summed E-state index contributed by atoms with van der Waals surface area (Å²) in [6, 6.07) is -1.73. The Labute approximate surface area is 99.3 Å². The minimum absolute atomic E-state index is 0.0594. The standard InChI is InChI=1S/C10H18N2O5/c1-3-17-10(16)8(11)9(15)12-6(2)4-5-7(13)14/h6,8H,3-5,11H2,1-2H3,(H,12,15)(H,13,14). The van der Waals surface area contributed by atoms with E-state index in [2.05, 4.69) is 10.1 Å². The molecule has 17 heavy (non-hydrogen) atoms. The van der Waals surface area contributed by atoms with E-state index in [-0.39, 0.29) is 25.5 Å². The molecule has 0 heterocycles. The molecule has 0 fully saturated rings. The molecule has 0 aromatic rings. The number of hydrogen-bond acceptors (Lipinski definition) is 5. The van der Waals surface area contributed by atoms with E-state index < -0.39 is 23.9 Å². The Morgan fingerprint density at radius 1 is 1.41 bits per heavy atom. The highest BCUT2D eigenvalue weighted by molar-refractivity contribution is 6.01. The Balaban J connectivity index is 4.06. The van der Waals surface area contributed by atoms with Crippen LogP contribution in [0.4, 0.5) is 0 Å². The highest BCUT2D eigenvalue weighted by Gasteiger charge is 2.24. The predicted octanol–water partition coefficient (Wildman–Crippen LogP) is -0.754. The van der Waals surface area contributed by atoms with Crippen molar-refractivity contribution < 1.29 is 24.2 Å². The van der Waals surface area contributed by atoms with Crippen molar-refractivity contribution in [3.05, 3.63) is 0 Å². The molecule has 0 saturated carbocycles. The quantitative estimate of drug-likeness (QED) is 0.401. The molecule has 2 unspecified atom stereocenters. The number of carboxylic acids is 1. The minimum Gasteiger partial charge on any atom is -0.481 e. The lowest BCUT2D eigenvalue weighted by Crippen LogP contribution is -2.49. The van der Waals surface area contributed by atoms with Crippen LogP contribution >= 0.6 is 0 Å². The summed E-state index contributed by atoms with van der Waals surface area (Å²) in [5.74, 6) is -2.41. The molecular weight excluding hydrogens is 228 g/mol. The first-order valence-corrected chi connectivity index (χ1v) is 5.32. The Bertz CT molecular complexity index is 292. The summed E-state index contributed by atoms with van der Waals surface area (Å²) in [7, 11) is 0. The Hall–Kier alpha value is -1.63. The molecule has 1 amide bonds. The molecule has 0 aromatic carbocycles. The number of carbonyl (C=O) groups is 3. The van der Waals surface area contributed by atoms with Crippen LogP contribution in [0.3, 0.4) is 0 Å². The van der Waals surface area contributed by atoms with Gasteiger partial charge in [-0.2, -0.15) is 0 Å². The Kier molecular flexibility index (Phi) is 6.88. The fourth-order valence-electron chi connectivity index (χ4n) is 1.08. The molecule has 4 N–H and O–H groups in total. The Morgan fingerprint density at radius 2 is 2.00 bits per heavy atom. The number of ether oxygens (including phenoxy) is 1. The van der Waals surface area contributed by atoms with Crippen LogP contribution in [0.25, 0.3) is 0 Å². The molecule has 0 saturated heterocycles. The zero-order valence-corrected chi connectivity index (χ0v) is 9.93. The molecule has 7 nitrogen and oxygen atoms in total.